The molecule has 10 heteroatoms. The molecule has 10 nitrogen and oxygen atoms in total. The molecule has 1 aliphatic rings. The summed E-state index contributed by atoms with van der Waals surface area (Å²) in [5, 5.41) is 17.5. The van der Waals surface area contributed by atoms with Gasteiger partial charge in [0.25, 0.3) is 0 Å². The lowest BCUT2D eigenvalue weighted by Crippen LogP contribution is -2.56. The standard InChI is InChI=1S/C38H39N3O7/c1-38(2,3)48-36(45)39-22-33(41-37(46)47-23-31-29-15-9-7-13-27(29)28-14-8-10-16-30(28)31)34(42)40-32(35(43)44)21-24-17-19-26(20-18-24)25-11-5-4-6-12-25/h4-20,31-33H,21-23H2,1-3H3,(H,39,45)(H,40,42)(H,41,46)(H,43,44)/t32-,33-/m1/s1. The predicted molar refractivity (Wildman–Crippen MR) is 181 cm³/mol. The van der Waals surface area contributed by atoms with Crippen LogP contribution in [0.15, 0.2) is 103 Å². The van der Waals surface area contributed by atoms with E-state index in [2.05, 4.69) is 16.0 Å². The number of carbonyl (C=O) groups is 4. The number of carboxylic acid groups (broad SMARTS) is 1. The first-order valence-electron chi connectivity index (χ1n) is 15.7. The van der Waals surface area contributed by atoms with Crippen LogP contribution in [0.2, 0.25) is 0 Å². The van der Waals surface area contributed by atoms with Gasteiger partial charge in [-0.3, -0.25) is 4.79 Å². The Morgan fingerprint density at radius 2 is 1.27 bits per heavy atom. The highest BCUT2D eigenvalue weighted by Crippen LogP contribution is 2.44. The van der Waals surface area contributed by atoms with Gasteiger partial charge in [0.1, 0.15) is 24.3 Å². The number of hydrogen-bond donors (Lipinski definition) is 4. The lowest BCUT2D eigenvalue weighted by atomic mass is 9.98. The average Bonchev–Trinajstić information content (AvgIpc) is 3.38. The van der Waals surface area contributed by atoms with Gasteiger partial charge in [-0.05, 0) is 59.7 Å². The maximum Gasteiger partial charge on any atom is 0.407 e. The molecule has 0 aliphatic heterocycles. The Bertz CT molecular complexity index is 1720. The molecule has 4 N–H and O–H groups in total. The normalized spacial score (nSPS) is 13.3. The molecule has 0 bridgehead atoms. The van der Waals surface area contributed by atoms with E-state index >= 15 is 0 Å². The average molecular weight is 650 g/mol. The van der Waals surface area contributed by atoms with Gasteiger partial charge in [0.2, 0.25) is 5.91 Å². The molecule has 248 valence electrons. The van der Waals surface area contributed by atoms with Crippen molar-refractivity contribution in [3.05, 3.63) is 120 Å². The number of rotatable bonds is 11. The molecule has 0 heterocycles. The monoisotopic (exact) mass is 649 g/mol. The summed E-state index contributed by atoms with van der Waals surface area (Å²) in [6.07, 6.45) is -1.71. The van der Waals surface area contributed by atoms with Crippen LogP contribution in [0.1, 0.15) is 43.4 Å². The predicted octanol–water partition coefficient (Wildman–Crippen LogP) is 5.90. The molecule has 0 aromatic heterocycles. The fourth-order valence-electron chi connectivity index (χ4n) is 5.66. The molecule has 1 aliphatic carbocycles. The number of ether oxygens (including phenoxy) is 2. The summed E-state index contributed by atoms with van der Waals surface area (Å²) in [5.74, 6) is -2.27. The van der Waals surface area contributed by atoms with Crippen LogP contribution in [0.3, 0.4) is 0 Å². The third-order valence-electron chi connectivity index (χ3n) is 7.92. The van der Waals surface area contributed by atoms with Crippen molar-refractivity contribution < 1.29 is 33.8 Å². The minimum absolute atomic E-state index is 0.00439. The second-order valence-electron chi connectivity index (χ2n) is 12.6. The van der Waals surface area contributed by atoms with E-state index in [1.807, 2.05) is 91.0 Å². The summed E-state index contributed by atoms with van der Waals surface area (Å²) >= 11 is 0. The molecule has 2 atom stereocenters. The Kier molecular flexibility index (Phi) is 10.4. The molecule has 48 heavy (non-hydrogen) atoms. The summed E-state index contributed by atoms with van der Waals surface area (Å²) in [6, 6.07) is 30.2. The Morgan fingerprint density at radius 1 is 0.708 bits per heavy atom. The SMILES string of the molecule is CC(C)(C)OC(=O)NC[C@@H](NC(=O)OCC1c2ccccc2-c2ccccc21)C(=O)N[C@H](Cc1ccc(-c2ccccc2)cc1)C(=O)O. The van der Waals surface area contributed by atoms with Crippen LogP contribution in [0, 0.1) is 0 Å². The van der Waals surface area contributed by atoms with Gasteiger partial charge in [0.15, 0.2) is 0 Å². The lowest BCUT2D eigenvalue weighted by Gasteiger charge is -2.24. The van der Waals surface area contributed by atoms with Crippen molar-refractivity contribution in [2.75, 3.05) is 13.2 Å². The Morgan fingerprint density at radius 3 is 1.85 bits per heavy atom. The van der Waals surface area contributed by atoms with E-state index in [1.165, 1.54) is 0 Å². The molecule has 0 unspecified atom stereocenters. The first kappa shape index (κ1) is 33.7. The van der Waals surface area contributed by atoms with E-state index in [-0.39, 0.29) is 25.5 Å². The Hall–Kier alpha value is -5.64. The number of hydrogen-bond acceptors (Lipinski definition) is 6. The van der Waals surface area contributed by atoms with Crippen molar-refractivity contribution in [3.63, 3.8) is 0 Å². The molecule has 4 aromatic carbocycles. The van der Waals surface area contributed by atoms with Crippen LogP contribution >= 0.6 is 0 Å². The second kappa shape index (κ2) is 14.8. The van der Waals surface area contributed by atoms with E-state index < -0.39 is 41.7 Å². The molecule has 0 spiro atoms. The van der Waals surface area contributed by atoms with E-state index in [9.17, 15) is 24.3 Å². The van der Waals surface area contributed by atoms with Gasteiger partial charge in [0.05, 0.1) is 6.54 Å². The number of nitrogens with one attached hydrogen (secondary N) is 3. The minimum Gasteiger partial charge on any atom is -0.480 e. The van der Waals surface area contributed by atoms with Crippen molar-refractivity contribution >= 4 is 24.1 Å². The zero-order chi connectivity index (χ0) is 34.3. The molecule has 0 radical (unpaired) electrons. The van der Waals surface area contributed by atoms with E-state index in [0.717, 1.165) is 33.4 Å². The largest absolute Gasteiger partial charge is 0.480 e. The summed E-state index contributed by atoms with van der Waals surface area (Å²) in [4.78, 5) is 51.2. The smallest absolute Gasteiger partial charge is 0.407 e. The van der Waals surface area contributed by atoms with Crippen molar-refractivity contribution in [2.24, 2.45) is 0 Å². The van der Waals surface area contributed by atoms with Crippen molar-refractivity contribution in [1.82, 2.24) is 16.0 Å². The molecule has 3 amide bonds. The van der Waals surface area contributed by atoms with Crippen molar-refractivity contribution in [1.29, 1.82) is 0 Å². The van der Waals surface area contributed by atoms with E-state index in [4.69, 9.17) is 9.47 Å². The quantitative estimate of drug-likeness (QED) is 0.159. The molecular formula is C38H39N3O7. The van der Waals surface area contributed by atoms with Gasteiger partial charge in [-0.2, -0.15) is 0 Å². The molecule has 0 saturated carbocycles. The van der Waals surface area contributed by atoms with Gasteiger partial charge >= 0.3 is 18.2 Å². The zero-order valence-corrected chi connectivity index (χ0v) is 27.1. The number of carbonyl (C=O) groups excluding carboxylic acids is 3. The number of alkyl carbamates (subject to hydrolysis) is 2. The zero-order valence-electron chi connectivity index (χ0n) is 27.1. The van der Waals surface area contributed by atoms with E-state index in [0.29, 0.717) is 5.56 Å². The number of carboxylic acids is 1. The number of aliphatic carboxylic acids is 1. The number of benzene rings is 4. The third kappa shape index (κ3) is 8.58. The number of amides is 3. The molecule has 0 fully saturated rings. The maximum absolute atomic E-state index is 13.5. The number of fused-ring (bicyclic) bond motifs is 3. The summed E-state index contributed by atoms with van der Waals surface area (Å²) < 4.78 is 10.9. The molecule has 0 saturated heterocycles. The first-order valence-corrected chi connectivity index (χ1v) is 15.7. The highest BCUT2D eigenvalue weighted by molar-refractivity contribution is 5.90. The summed E-state index contributed by atoms with van der Waals surface area (Å²) in [6.45, 7) is 4.70. The maximum atomic E-state index is 13.5. The van der Waals surface area contributed by atoms with Crippen LogP contribution in [0.5, 0.6) is 0 Å². The van der Waals surface area contributed by atoms with Gasteiger partial charge in [-0.15, -0.1) is 0 Å². The van der Waals surface area contributed by atoms with Crippen LogP contribution in [-0.4, -0.2) is 60.0 Å². The van der Waals surface area contributed by atoms with Gasteiger partial charge in [0, 0.05) is 12.3 Å². The van der Waals surface area contributed by atoms with Gasteiger partial charge in [-0.25, -0.2) is 14.4 Å². The summed E-state index contributed by atoms with van der Waals surface area (Å²) in [7, 11) is 0. The fourth-order valence-corrected chi connectivity index (χ4v) is 5.66. The van der Waals surface area contributed by atoms with Crippen LogP contribution in [-0.2, 0) is 25.5 Å². The minimum atomic E-state index is -1.37. The Labute approximate surface area is 279 Å². The Balaban J connectivity index is 1.26. The highest BCUT2D eigenvalue weighted by atomic mass is 16.6. The topological polar surface area (TPSA) is 143 Å². The summed E-state index contributed by atoms with van der Waals surface area (Å²) in [5.41, 5.74) is 6.05. The molecule has 4 aromatic rings. The van der Waals surface area contributed by atoms with E-state index in [1.54, 1.807) is 32.9 Å². The van der Waals surface area contributed by atoms with Crippen molar-refractivity contribution in [3.8, 4) is 22.3 Å². The van der Waals surface area contributed by atoms with Gasteiger partial charge < -0.3 is 30.5 Å². The lowest BCUT2D eigenvalue weighted by molar-refractivity contribution is -0.142. The molecular weight excluding hydrogens is 610 g/mol. The second-order valence-corrected chi connectivity index (χ2v) is 12.6. The van der Waals surface area contributed by atoms with Crippen LogP contribution in [0.4, 0.5) is 9.59 Å². The van der Waals surface area contributed by atoms with Crippen molar-refractivity contribution in [2.45, 2.75) is 50.8 Å². The first-order chi connectivity index (χ1) is 23.0. The third-order valence-corrected chi connectivity index (χ3v) is 7.92. The van der Waals surface area contributed by atoms with Crippen LogP contribution < -0.4 is 16.0 Å². The highest BCUT2D eigenvalue weighted by Gasteiger charge is 2.31. The van der Waals surface area contributed by atoms with Crippen LogP contribution in [0.25, 0.3) is 22.3 Å². The van der Waals surface area contributed by atoms with Gasteiger partial charge in [-0.1, -0.05) is 103 Å². The fraction of sp³-hybridized carbons (Fsp3) is 0.263. The molecule has 5 rings (SSSR count).